The highest BCUT2D eigenvalue weighted by molar-refractivity contribution is 9.10. The average Bonchev–Trinajstić information content (AvgIpc) is 2.40. The Morgan fingerprint density at radius 3 is 2.79 bits per heavy atom. The maximum atomic E-state index is 9.18. The van der Waals surface area contributed by atoms with E-state index in [1.54, 1.807) is 6.20 Å². The second-order valence-corrected chi connectivity index (χ2v) is 6.98. The zero-order chi connectivity index (χ0) is 13.2. The van der Waals surface area contributed by atoms with E-state index in [1.165, 1.54) is 24.6 Å². The van der Waals surface area contributed by atoms with Gasteiger partial charge in [0.1, 0.15) is 11.9 Å². The van der Waals surface area contributed by atoms with Crippen LogP contribution in [0.25, 0.3) is 0 Å². The molecule has 0 atom stereocenters. The van der Waals surface area contributed by atoms with Crippen molar-refractivity contribution in [2.45, 2.75) is 6.04 Å². The Labute approximate surface area is 125 Å². The summed E-state index contributed by atoms with van der Waals surface area (Å²) in [6.45, 7) is 4.38. The minimum absolute atomic E-state index is 0.637. The summed E-state index contributed by atoms with van der Waals surface area (Å²) in [5, 5.41) is 9.18. The molecule has 1 aromatic rings. The van der Waals surface area contributed by atoms with Crippen LogP contribution in [0.3, 0.4) is 0 Å². The van der Waals surface area contributed by atoms with Crippen molar-refractivity contribution >= 4 is 33.5 Å². The topological polar surface area (TPSA) is 43.2 Å². The molecular weight excluding hydrogens is 324 g/mol. The third-order valence-corrected chi connectivity index (χ3v) is 5.05. The summed E-state index contributed by atoms with van der Waals surface area (Å²) in [6.07, 6.45) is 1.76. The highest BCUT2D eigenvalue weighted by atomic mass is 79.9. The molecule has 0 N–H and O–H groups in total. The van der Waals surface area contributed by atoms with Crippen molar-refractivity contribution in [3.05, 3.63) is 22.3 Å². The van der Waals surface area contributed by atoms with Crippen LogP contribution in [0, 0.1) is 11.3 Å². The SMILES string of the molecule is N#Cc1cc(Br)cnc1N1CC(N2CCSCC2)C1. The lowest BCUT2D eigenvalue weighted by atomic mass is 10.1. The molecule has 1 aromatic heterocycles. The number of nitriles is 1. The Morgan fingerprint density at radius 1 is 1.37 bits per heavy atom. The van der Waals surface area contributed by atoms with E-state index in [-0.39, 0.29) is 0 Å². The summed E-state index contributed by atoms with van der Waals surface area (Å²) in [4.78, 5) is 9.16. The molecule has 2 aliphatic rings. The number of aromatic nitrogens is 1. The van der Waals surface area contributed by atoms with Gasteiger partial charge in [0.15, 0.2) is 0 Å². The first-order valence-corrected chi connectivity index (χ1v) is 8.35. The first-order valence-electron chi connectivity index (χ1n) is 6.40. The van der Waals surface area contributed by atoms with Gasteiger partial charge < -0.3 is 4.90 Å². The molecule has 0 spiro atoms. The average molecular weight is 339 g/mol. The van der Waals surface area contributed by atoms with Crippen LogP contribution in [0.15, 0.2) is 16.7 Å². The molecule has 2 aliphatic heterocycles. The normalized spacial score (nSPS) is 20.9. The molecule has 4 nitrogen and oxygen atoms in total. The van der Waals surface area contributed by atoms with Crippen molar-refractivity contribution in [1.29, 1.82) is 5.26 Å². The third kappa shape index (κ3) is 2.73. The van der Waals surface area contributed by atoms with Crippen LogP contribution in [0.2, 0.25) is 0 Å². The molecule has 2 saturated heterocycles. The van der Waals surface area contributed by atoms with E-state index in [2.05, 4.69) is 36.8 Å². The lowest BCUT2D eigenvalue weighted by Crippen LogP contribution is -2.61. The molecule has 0 radical (unpaired) electrons. The highest BCUT2D eigenvalue weighted by Crippen LogP contribution is 2.27. The molecule has 0 bridgehead atoms. The molecule has 6 heteroatoms. The van der Waals surface area contributed by atoms with Gasteiger partial charge in [-0.15, -0.1) is 0 Å². The molecule has 0 unspecified atom stereocenters. The van der Waals surface area contributed by atoms with Crippen LogP contribution in [0.5, 0.6) is 0 Å². The van der Waals surface area contributed by atoms with E-state index in [4.69, 9.17) is 0 Å². The summed E-state index contributed by atoms with van der Waals surface area (Å²) in [5.74, 6) is 3.32. The fourth-order valence-corrected chi connectivity index (χ4v) is 3.83. The van der Waals surface area contributed by atoms with E-state index < -0.39 is 0 Å². The minimum atomic E-state index is 0.637. The van der Waals surface area contributed by atoms with Crippen molar-refractivity contribution in [2.75, 3.05) is 42.6 Å². The van der Waals surface area contributed by atoms with Gasteiger partial charge in [-0.2, -0.15) is 17.0 Å². The third-order valence-electron chi connectivity index (χ3n) is 3.68. The van der Waals surface area contributed by atoms with Crippen LogP contribution in [0.4, 0.5) is 5.82 Å². The maximum absolute atomic E-state index is 9.18. The summed E-state index contributed by atoms with van der Waals surface area (Å²) in [6, 6.07) is 4.71. The first-order chi connectivity index (χ1) is 9.28. The van der Waals surface area contributed by atoms with Crippen molar-refractivity contribution in [1.82, 2.24) is 9.88 Å². The fourth-order valence-electron chi connectivity index (χ4n) is 2.57. The Bertz CT molecular complexity index is 504. The van der Waals surface area contributed by atoms with Gasteiger partial charge in [-0.25, -0.2) is 4.98 Å². The zero-order valence-corrected chi connectivity index (χ0v) is 13.0. The van der Waals surface area contributed by atoms with Gasteiger partial charge >= 0.3 is 0 Å². The molecule has 100 valence electrons. The fraction of sp³-hybridized carbons (Fsp3) is 0.538. The Morgan fingerprint density at radius 2 is 2.11 bits per heavy atom. The van der Waals surface area contributed by atoms with Gasteiger partial charge in [-0.3, -0.25) is 4.90 Å². The predicted octanol–water partition coefficient (Wildman–Crippen LogP) is 1.95. The number of hydrogen-bond acceptors (Lipinski definition) is 5. The summed E-state index contributed by atoms with van der Waals surface area (Å²) in [5.41, 5.74) is 0.655. The molecule has 19 heavy (non-hydrogen) atoms. The van der Waals surface area contributed by atoms with Crippen molar-refractivity contribution < 1.29 is 0 Å². The number of thioether (sulfide) groups is 1. The van der Waals surface area contributed by atoms with Gasteiger partial charge in [0.05, 0.1) is 5.56 Å². The summed E-state index contributed by atoms with van der Waals surface area (Å²) < 4.78 is 0.859. The van der Waals surface area contributed by atoms with E-state index in [1.807, 2.05) is 17.8 Å². The number of nitrogens with zero attached hydrogens (tertiary/aromatic N) is 4. The molecule has 0 aliphatic carbocycles. The number of pyridine rings is 1. The molecule has 0 aromatic carbocycles. The number of halogens is 1. The van der Waals surface area contributed by atoms with Crippen LogP contribution in [-0.4, -0.2) is 53.6 Å². The minimum Gasteiger partial charge on any atom is -0.352 e. The number of hydrogen-bond donors (Lipinski definition) is 0. The molecule has 2 fully saturated rings. The van der Waals surface area contributed by atoms with Crippen molar-refractivity contribution in [3.63, 3.8) is 0 Å². The Hall–Kier alpha value is -0.770. The van der Waals surface area contributed by atoms with Gasteiger partial charge in [0.25, 0.3) is 0 Å². The Balaban J connectivity index is 1.65. The van der Waals surface area contributed by atoms with Crippen LogP contribution in [0.1, 0.15) is 5.56 Å². The standard InChI is InChI=1S/C13H15BrN4S/c14-11-5-10(6-15)13(16-7-11)18-8-12(9-18)17-1-3-19-4-2-17/h5,7,12H,1-4,8-9H2. The first kappa shape index (κ1) is 13.2. The predicted molar refractivity (Wildman–Crippen MR) is 81.6 cm³/mol. The lowest BCUT2D eigenvalue weighted by molar-refractivity contribution is 0.182. The molecular formula is C13H15BrN4S. The summed E-state index contributed by atoms with van der Waals surface area (Å²) >= 11 is 5.40. The highest BCUT2D eigenvalue weighted by Gasteiger charge is 2.34. The van der Waals surface area contributed by atoms with Crippen LogP contribution < -0.4 is 4.90 Å². The van der Waals surface area contributed by atoms with Gasteiger partial charge in [0, 0.05) is 54.4 Å². The van der Waals surface area contributed by atoms with E-state index >= 15 is 0 Å². The van der Waals surface area contributed by atoms with Gasteiger partial charge in [0.2, 0.25) is 0 Å². The van der Waals surface area contributed by atoms with Crippen LogP contribution >= 0.6 is 27.7 Å². The largest absolute Gasteiger partial charge is 0.352 e. The van der Waals surface area contributed by atoms with Gasteiger partial charge in [-0.05, 0) is 22.0 Å². The smallest absolute Gasteiger partial charge is 0.146 e. The molecule has 3 rings (SSSR count). The second kappa shape index (κ2) is 5.70. The van der Waals surface area contributed by atoms with E-state index in [0.29, 0.717) is 11.6 Å². The molecule has 3 heterocycles. The second-order valence-electron chi connectivity index (χ2n) is 4.84. The maximum Gasteiger partial charge on any atom is 0.146 e. The Kier molecular flexibility index (Phi) is 3.96. The molecule has 0 amide bonds. The zero-order valence-electron chi connectivity index (χ0n) is 10.5. The quantitative estimate of drug-likeness (QED) is 0.824. The van der Waals surface area contributed by atoms with Crippen molar-refractivity contribution in [2.24, 2.45) is 0 Å². The van der Waals surface area contributed by atoms with Crippen molar-refractivity contribution in [3.8, 4) is 6.07 Å². The number of rotatable bonds is 2. The van der Waals surface area contributed by atoms with E-state index in [9.17, 15) is 5.26 Å². The lowest BCUT2D eigenvalue weighted by Gasteiger charge is -2.47. The summed E-state index contributed by atoms with van der Waals surface area (Å²) in [7, 11) is 0. The van der Waals surface area contributed by atoms with E-state index in [0.717, 1.165) is 23.4 Å². The van der Waals surface area contributed by atoms with Crippen LogP contribution in [-0.2, 0) is 0 Å². The monoisotopic (exact) mass is 338 g/mol. The van der Waals surface area contributed by atoms with Gasteiger partial charge in [-0.1, -0.05) is 0 Å². The molecule has 0 saturated carbocycles. The number of anilines is 1.